The van der Waals surface area contributed by atoms with Gasteiger partial charge >= 0.3 is 11.9 Å². The van der Waals surface area contributed by atoms with Gasteiger partial charge in [0.2, 0.25) is 17.7 Å². The Hall–Kier alpha value is -8.75. The number of cyclic esters (lactones) is 2. The first kappa shape index (κ1) is 73.0. The van der Waals surface area contributed by atoms with E-state index >= 15 is 0 Å². The number of hydrogen-bond acceptors (Lipinski definition) is 18. The van der Waals surface area contributed by atoms with E-state index in [-0.39, 0.29) is 80.3 Å². The van der Waals surface area contributed by atoms with Crippen LogP contribution in [0.2, 0.25) is 0 Å². The van der Waals surface area contributed by atoms with Crippen LogP contribution in [0.5, 0.6) is 11.5 Å². The average molecular weight is 1400 g/mol. The van der Waals surface area contributed by atoms with Gasteiger partial charge in [-0.3, -0.25) is 52.9 Å². The van der Waals surface area contributed by atoms with E-state index in [2.05, 4.69) is 95.5 Å². The Morgan fingerprint density at radius 2 is 1.11 bits per heavy atom. The fraction of sp³-hybridized carbons (Fsp3) is 0.545. The Balaban J connectivity index is 0.000000205. The molecule has 0 unspecified atom stereocenters. The summed E-state index contributed by atoms with van der Waals surface area (Å²) in [6.07, 6.45) is 7.85. The maximum Gasteiger partial charge on any atom is 0.324 e. The summed E-state index contributed by atoms with van der Waals surface area (Å²) in [6.45, 7) is 22.1. The molecule has 2 aromatic heterocycles. The summed E-state index contributed by atoms with van der Waals surface area (Å²) in [4.78, 5) is 102. The highest BCUT2D eigenvalue weighted by Crippen LogP contribution is 2.40. The molecule has 5 amide bonds. The lowest BCUT2D eigenvalue weighted by atomic mass is 9.91. The highest BCUT2D eigenvalue weighted by atomic mass is 16.5. The maximum absolute atomic E-state index is 14.6. The predicted octanol–water partition coefficient (Wildman–Crippen LogP) is 6.62. The van der Waals surface area contributed by atoms with Crippen molar-refractivity contribution in [2.75, 3.05) is 86.7 Å². The van der Waals surface area contributed by atoms with Gasteiger partial charge in [-0.2, -0.15) is 10.2 Å². The van der Waals surface area contributed by atoms with Crippen molar-refractivity contribution in [2.45, 2.75) is 161 Å². The number of fused-ring (bicyclic) bond motifs is 12. The molecule has 25 heteroatoms. The molecule has 7 aliphatic heterocycles. The molecule has 546 valence electrons. The number of nitrogens with one attached hydrogen (secondary N) is 3. The number of carbonyl (C=O) groups is 7. The maximum atomic E-state index is 14.6. The van der Waals surface area contributed by atoms with E-state index in [1.807, 2.05) is 50.6 Å². The molecule has 13 rings (SSSR count). The van der Waals surface area contributed by atoms with Crippen LogP contribution in [0, 0.1) is 22.7 Å². The molecule has 9 heterocycles. The van der Waals surface area contributed by atoms with Gasteiger partial charge in [-0.15, -0.1) is 0 Å². The van der Waals surface area contributed by atoms with Crippen LogP contribution in [0.25, 0.3) is 44.1 Å². The van der Waals surface area contributed by atoms with Crippen LogP contribution in [0.15, 0.2) is 85.5 Å². The van der Waals surface area contributed by atoms with Gasteiger partial charge in [0.05, 0.1) is 47.6 Å². The minimum absolute atomic E-state index is 0.00459. The monoisotopic (exact) mass is 1400 g/mol. The quantitative estimate of drug-likeness (QED) is 0.0689. The summed E-state index contributed by atoms with van der Waals surface area (Å²) in [6, 6.07) is 18.9. The second-order valence-electron chi connectivity index (χ2n) is 31.5. The number of aromatic nitrogens is 4. The van der Waals surface area contributed by atoms with Crippen molar-refractivity contribution in [1.29, 1.82) is 0 Å². The number of rotatable bonds is 8. The summed E-state index contributed by atoms with van der Waals surface area (Å²) in [5.74, 6) is -2.61. The summed E-state index contributed by atoms with van der Waals surface area (Å²) < 4.78 is 15.9. The van der Waals surface area contributed by atoms with Crippen LogP contribution in [0.1, 0.15) is 127 Å². The molecule has 7 aliphatic rings. The number of phenolic OH excluding ortho intramolecular Hbond substituents is 2. The smallest absolute Gasteiger partial charge is 0.324 e. The van der Waals surface area contributed by atoms with Crippen LogP contribution in [-0.4, -0.2) is 218 Å². The number of phenols is 2. The summed E-state index contributed by atoms with van der Waals surface area (Å²) in [5.41, 5.74) is 20.5. The number of hydrazine groups is 2. The third-order valence-corrected chi connectivity index (χ3v) is 21.4. The second kappa shape index (κ2) is 30.3. The van der Waals surface area contributed by atoms with Gasteiger partial charge < -0.3 is 50.3 Å². The van der Waals surface area contributed by atoms with Crippen molar-refractivity contribution in [3.63, 3.8) is 0 Å². The zero-order valence-electron chi connectivity index (χ0n) is 60.6. The van der Waals surface area contributed by atoms with Crippen LogP contribution in [0.3, 0.4) is 0 Å². The van der Waals surface area contributed by atoms with Gasteiger partial charge in [0.25, 0.3) is 11.8 Å². The molecule has 0 saturated carbocycles. The van der Waals surface area contributed by atoms with E-state index in [1.54, 1.807) is 31.3 Å². The van der Waals surface area contributed by atoms with Crippen molar-refractivity contribution >= 4 is 63.3 Å². The molecule has 5 fully saturated rings. The van der Waals surface area contributed by atoms with Crippen molar-refractivity contribution < 1.29 is 53.2 Å². The highest BCUT2D eigenvalue weighted by Gasteiger charge is 2.43. The van der Waals surface area contributed by atoms with Crippen LogP contribution in [-0.2, 0) is 69.0 Å². The van der Waals surface area contributed by atoms with Gasteiger partial charge in [-0.1, -0.05) is 84.5 Å². The minimum atomic E-state index is -1.14. The Labute approximate surface area is 597 Å². The Morgan fingerprint density at radius 3 is 1.57 bits per heavy atom. The van der Waals surface area contributed by atoms with Gasteiger partial charge in [-0.25, -0.2) is 10.9 Å². The number of amides is 5. The van der Waals surface area contributed by atoms with E-state index < -0.39 is 64.7 Å². The molecule has 0 aliphatic carbocycles. The number of likely N-dealkylation sites (tertiary alicyclic amines) is 3. The van der Waals surface area contributed by atoms with Crippen molar-refractivity contribution in [2.24, 2.45) is 28.4 Å². The van der Waals surface area contributed by atoms with E-state index in [1.165, 1.54) is 25.9 Å². The third kappa shape index (κ3) is 16.3. The zero-order chi connectivity index (χ0) is 72.6. The molecule has 6 aromatic rings. The Morgan fingerprint density at radius 1 is 0.647 bits per heavy atom. The lowest BCUT2D eigenvalue weighted by Crippen LogP contribution is -2.63. The summed E-state index contributed by atoms with van der Waals surface area (Å²) in [7, 11) is 5.88. The first-order valence-corrected chi connectivity index (χ1v) is 36.3. The van der Waals surface area contributed by atoms with Crippen LogP contribution in [0.4, 0.5) is 0 Å². The number of esters is 2. The summed E-state index contributed by atoms with van der Waals surface area (Å²) >= 11 is 0. The largest absolute Gasteiger partial charge is 0.508 e. The molecule has 0 radical (unpaired) electrons. The van der Waals surface area contributed by atoms with Crippen LogP contribution < -0.4 is 21.9 Å². The Bertz CT molecular complexity index is 4160. The summed E-state index contributed by atoms with van der Waals surface area (Å²) in [5, 5.41) is 40.3. The lowest BCUT2D eigenvalue weighted by Gasteiger charge is -2.41. The molecule has 12 bridgehead atoms. The number of piperidine rings is 2. The van der Waals surface area contributed by atoms with Gasteiger partial charge in [-0.05, 0) is 180 Å². The molecule has 102 heavy (non-hydrogen) atoms. The highest BCUT2D eigenvalue weighted by molar-refractivity contribution is 5.95. The fourth-order valence-corrected chi connectivity index (χ4v) is 15.7. The first-order chi connectivity index (χ1) is 48.6. The lowest BCUT2D eigenvalue weighted by molar-refractivity contribution is -0.156. The number of likely N-dealkylation sites (N-methyl/N-ethyl adjacent to an activating group) is 1. The van der Waals surface area contributed by atoms with Gasteiger partial charge in [0.15, 0.2) is 0 Å². The van der Waals surface area contributed by atoms with E-state index in [9.17, 15) is 43.8 Å². The molecule has 7 N–H and O–H groups in total. The minimum Gasteiger partial charge on any atom is -0.508 e. The predicted molar refractivity (Wildman–Crippen MR) is 387 cm³/mol. The standard InChI is InChI=1S/C45H60N8O7.C32H42N6O4/c1-8-38(55)51-23-32(24-51)42(57)50(7)40(27(2)3)41(56)46-36-20-28-18-31(21-33(54)19-28)30-11-12-34-37(22-30)53(48-39(34)29-13-16-49(6)17-14-29)25-45(4,5)26-60-44(59)35-10-9-15-52(47-35)43(36)58;1-32(2)18-38-28-17-22(6-7-25(28)29(35-38)21-8-11-36(3)12-9-21)23-13-20(14-24(39)16-23)15-26(33)30(40)37-10-4-5-27(34-37)31(41)42-19-32/h8,11-12,18-19,21-22,27,29,32,35-36,40,47,54H,1,9-10,13-17,20,23-26H2,2-7H3,(H,46,56);6-7,13-14,16-17,21,26-27,34,39H,4-5,8-12,15,18-19,33H2,1-3H3/t35-,36-,40-;26-,27-/m00/s1. The van der Waals surface area contributed by atoms with E-state index in [0.717, 1.165) is 113 Å². The number of hydrogen-bond donors (Lipinski definition) is 6. The van der Waals surface area contributed by atoms with Crippen LogP contribution >= 0.6 is 0 Å². The second-order valence-corrected chi connectivity index (χ2v) is 31.5. The van der Waals surface area contributed by atoms with Crippen molar-refractivity contribution in [1.82, 2.24) is 65.3 Å². The van der Waals surface area contributed by atoms with E-state index in [4.69, 9.17) is 25.4 Å². The van der Waals surface area contributed by atoms with E-state index in [0.29, 0.717) is 69.3 Å². The first-order valence-electron chi connectivity index (χ1n) is 36.3. The number of nitrogens with two attached hydrogens (primary N) is 1. The number of aromatic hydroxyl groups is 2. The molecule has 25 nitrogen and oxygen atoms in total. The number of nitrogens with zero attached hydrogens (tertiary/aromatic N) is 10. The molecule has 5 atom stereocenters. The molecule has 5 saturated heterocycles. The van der Waals surface area contributed by atoms with Gasteiger partial charge in [0, 0.05) is 86.2 Å². The number of carbonyl (C=O) groups excluding carboxylic acids is 7. The number of ether oxygens (including phenoxy) is 2. The molecule has 4 aromatic carbocycles. The SMILES string of the molecule is C=CC(=O)N1CC(C(=O)N(C)[C@H](C(=O)N[C@H]2Cc3cc(O)cc(c3)-c3ccc4c(C5CCN(C)CC5)nn(c4c3)CC(C)(C)COC(=O)[C@@H]3CCCN(N3)C2=O)C(C)C)C1.CN1CCC(c2nn3c4cc(ccc24)-c2cc(O)cc(c2)C[C@H](N)C(=O)N2CCC[C@H](N2)C(=O)OCC(C)(C)C3)CC1. The van der Waals surface area contributed by atoms with Crippen molar-refractivity contribution in [3.05, 3.63) is 108 Å². The third-order valence-electron chi connectivity index (χ3n) is 21.4. The molecule has 0 spiro atoms. The normalized spacial score (nSPS) is 23.3. The zero-order valence-corrected chi connectivity index (χ0v) is 60.6. The fourth-order valence-electron chi connectivity index (χ4n) is 15.7. The Kier molecular flexibility index (Phi) is 21.7. The van der Waals surface area contributed by atoms with Crippen molar-refractivity contribution in [3.8, 4) is 33.8 Å². The molecular weight excluding hydrogens is 1300 g/mol. The molecular formula is C77H102N14O11. The topological polar surface area (TPSA) is 296 Å². The number of benzene rings is 4. The average Bonchev–Trinajstić information content (AvgIpc) is 1.61. The van der Waals surface area contributed by atoms with Gasteiger partial charge in [0.1, 0.15) is 35.7 Å².